The van der Waals surface area contributed by atoms with Gasteiger partial charge in [-0.2, -0.15) is 0 Å². The van der Waals surface area contributed by atoms with Crippen LogP contribution in [-0.2, 0) is 0 Å². The average molecular weight is 189 g/mol. The fourth-order valence-electron chi connectivity index (χ4n) is 2.37. The van der Waals surface area contributed by atoms with Crippen LogP contribution >= 0.6 is 0 Å². The fraction of sp³-hybridized carbons (Fsp3) is 0.538. The number of hydrogen-bond acceptors (Lipinski definition) is 1. The van der Waals surface area contributed by atoms with Crippen molar-refractivity contribution in [3.63, 3.8) is 0 Å². The van der Waals surface area contributed by atoms with Crippen LogP contribution in [-0.4, -0.2) is 18.5 Å². The summed E-state index contributed by atoms with van der Waals surface area (Å²) in [7, 11) is 2.24. The molecule has 1 heterocycles. The van der Waals surface area contributed by atoms with Gasteiger partial charge in [-0.25, -0.2) is 0 Å². The second-order valence-electron chi connectivity index (χ2n) is 4.41. The molecule has 0 N–H and O–H groups in total. The number of hydrogen-bond donors (Lipinski definition) is 0. The minimum Gasteiger partial charge on any atom is -0.299 e. The van der Waals surface area contributed by atoms with E-state index in [2.05, 4.69) is 43.1 Å². The number of rotatable bonds is 1. The smallest absolute Gasteiger partial charge is 0.0345 e. The molecule has 1 aliphatic rings. The van der Waals surface area contributed by atoms with E-state index in [1.807, 2.05) is 0 Å². The lowest BCUT2D eigenvalue weighted by Crippen LogP contribution is -2.29. The monoisotopic (exact) mass is 189 g/mol. The molecule has 0 amide bonds. The standard InChI is InChI=1S/C13H19N/c1-11-6-5-7-12(10-11)13-8-3-4-9-14(13)2/h5-7,10,13H,3-4,8-9H2,1-2H3. The van der Waals surface area contributed by atoms with E-state index in [-0.39, 0.29) is 0 Å². The second kappa shape index (κ2) is 4.14. The Labute approximate surface area is 86.7 Å². The molecular formula is C13H19N. The van der Waals surface area contributed by atoms with Crippen molar-refractivity contribution in [1.82, 2.24) is 4.90 Å². The lowest BCUT2D eigenvalue weighted by Gasteiger charge is -2.32. The van der Waals surface area contributed by atoms with Crippen LogP contribution in [0.1, 0.15) is 36.4 Å². The summed E-state index contributed by atoms with van der Waals surface area (Å²) in [6, 6.07) is 9.59. The van der Waals surface area contributed by atoms with Crippen molar-refractivity contribution in [3.05, 3.63) is 35.4 Å². The Balaban J connectivity index is 2.20. The maximum atomic E-state index is 2.48. The number of benzene rings is 1. The van der Waals surface area contributed by atoms with E-state index < -0.39 is 0 Å². The molecule has 1 fully saturated rings. The lowest BCUT2D eigenvalue weighted by atomic mass is 9.95. The molecule has 1 nitrogen and oxygen atoms in total. The Hall–Kier alpha value is -0.820. The largest absolute Gasteiger partial charge is 0.299 e. The van der Waals surface area contributed by atoms with Crippen molar-refractivity contribution in [2.24, 2.45) is 0 Å². The molecule has 14 heavy (non-hydrogen) atoms. The quantitative estimate of drug-likeness (QED) is 0.656. The minimum atomic E-state index is 0.656. The summed E-state index contributed by atoms with van der Waals surface area (Å²) in [5.41, 5.74) is 2.87. The van der Waals surface area contributed by atoms with Gasteiger partial charge in [0.15, 0.2) is 0 Å². The van der Waals surface area contributed by atoms with Gasteiger partial charge in [-0.1, -0.05) is 36.2 Å². The van der Waals surface area contributed by atoms with Crippen LogP contribution in [0.5, 0.6) is 0 Å². The first-order valence-corrected chi connectivity index (χ1v) is 5.54. The summed E-state index contributed by atoms with van der Waals surface area (Å²) in [4.78, 5) is 2.48. The van der Waals surface area contributed by atoms with Crippen molar-refractivity contribution < 1.29 is 0 Å². The zero-order valence-electron chi connectivity index (χ0n) is 9.16. The average Bonchev–Trinajstić information content (AvgIpc) is 2.18. The summed E-state index contributed by atoms with van der Waals surface area (Å²) in [6.45, 7) is 3.42. The first-order valence-electron chi connectivity index (χ1n) is 5.54. The van der Waals surface area contributed by atoms with Crippen molar-refractivity contribution in [2.75, 3.05) is 13.6 Å². The molecule has 76 valence electrons. The third kappa shape index (κ3) is 1.98. The zero-order valence-corrected chi connectivity index (χ0v) is 9.16. The number of piperidine rings is 1. The van der Waals surface area contributed by atoms with Crippen molar-refractivity contribution in [3.8, 4) is 0 Å². The maximum Gasteiger partial charge on any atom is 0.0345 e. The molecule has 0 spiro atoms. The summed E-state index contributed by atoms with van der Waals surface area (Å²) in [5.74, 6) is 0. The normalized spacial score (nSPS) is 23.7. The van der Waals surface area contributed by atoms with Crippen LogP contribution in [0.2, 0.25) is 0 Å². The zero-order chi connectivity index (χ0) is 9.97. The molecule has 1 heteroatoms. The van der Waals surface area contributed by atoms with E-state index >= 15 is 0 Å². The van der Waals surface area contributed by atoms with Crippen molar-refractivity contribution in [2.45, 2.75) is 32.2 Å². The van der Waals surface area contributed by atoms with Gasteiger partial charge < -0.3 is 0 Å². The fourth-order valence-corrected chi connectivity index (χ4v) is 2.37. The van der Waals surface area contributed by atoms with E-state index in [1.54, 1.807) is 0 Å². The van der Waals surface area contributed by atoms with E-state index in [4.69, 9.17) is 0 Å². The number of likely N-dealkylation sites (tertiary alicyclic amines) is 1. The first-order chi connectivity index (χ1) is 6.77. The van der Waals surface area contributed by atoms with Crippen LogP contribution in [0.3, 0.4) is 0 Å². The first kappa shape index (κ1) is 9.72. The third-order valence-electron chi connectivity index (χ3n) is 3.20. The molecule has 1 unspecified atom stereocenters. The van der Waals surface area contributed by atoms with Gasteiger partial charge in [0, 0.05) is 6.04 Å². The second-order valence-corrected chi connectivity index (χ2v) is 4.41. The SMILES string of the molecule is Cc1cccc(C2CCCCN2C)c1. The molecule has 0 aliphatic carbocycles. The number of nitrogens with zero attached hydrogens (tertiary/aromatic N) is 1. The summed E-state index contributed by atoms with van der Waals surface area (Å²) in [5, 5.41) is 0. The van der Waals surface area contributed by atoms with Crippen LogP contribution < -0.4 is 0 Å². The minimum absolute atomic E-state index is 0.656. The van der Waals surface area contributed by atoms with Crippen molar-refractivity contribution in [1.29, 1.82) is 0 Å². The Bertz CT molecular complexity index is 306. The Morgan fingerprint density at radius 3 is 2.86 bits per heavy atom. The highest BCUT2D eigenvalue weighted by Gasteiger charge is 2.20. The van der Waals surface area contributed by atoms with Gasteiger partial charge >= 0.3 is 0 Å². The van der Waals surface area contributed by atoms with Gasteiger partial charge in [0.2, 0.25) is 0 Å². The van der Waals surface area contributed by atoms with Gasteiger partial charge in [0.05, 0.1) is 0 Å². The Kier molecular flexibility index (Phi) is 2.87. The van der Waals surface area contributed by atoms with Crippen LogP contribution in [0.15, 0.2) is 24.3 Å². The van der Waals surface area contributed by atoms with Crippen molar-refractivity contribution >= 4 is 0 Å². The van der Waals surface area contributed by atoms with Gasteiger partial charge in [-0.15, -0.1) is 0 Å². The van der Waals surface area contributed by atoms with Gasteiger partial charge in [0.1, 0.15) is 0 Å². The van der Waals surface area contributed by atoms with E-state index in [0.29, 0.717) is 6.04 Å². The molecule has 2 rings (SSSR count). The topological polar surface area (TPSA) is 3.24 Å². The molecule has 0 bridgehead atoms. The molecule has 0 aromatic heterocycles. The van der Waals surface area contributed by atoms with E-state index in [9.17, 15) is 0 Å². The maximum absolute atomic E-state index is 2.48. The molecule has 1 atom stereocenters. The van der Waals surface area contributed by atoms with Gasteiger partial charge in [-0.3, -0.25) is 4.90 Å². The van der Waals surface area contributed by atoms with E-state index in [0.717, 1.165) is 0 Å². The Morgan fingerprint density at radius 1 is 1.29 bits per heavy atom. The molecule has 1 aromatic rings. The highest BCUT2D eigenvalue weighted by molar-refractivity contribution is 5.25. The van der Waals surface area contributed by atoms with E-state index in [1.165, 1.54) is 36.9 Å². The molecule has 0 radical (unpaired) electrons. The highest BCUT2D eigenvalue weighted by Crippen LogP contribution is 2.29. The predicted molar refractivity (Wildman–Crippen MR) is 60.4 cm³/mol. The molecule has 1 saturated heterocycles. The summed E-state index contributed by atoms with van der Waals surface area (Å²) in [6.07, 6.45) is 4.06. The van der Waals surface area contributed by atoms with Gasteiger partial charge in [0.25, 0.3) is 0 Å². The van der Waals surface area contributed by atoms with Crippen LogP contribution in [0, 0.1) is 6.92 Å². The molecule has 1 aliphatic heterocycles. The summed E-state index contributed by atoms with van der Waals surface area (Å²) >= 11 is 0. The molecule has 0 saturated carbocycles. The Morgan fingerprint density at radius 2 is 2.14 bits per heavy atom. The highest BCUT2D eigenvalue weighted by atomic mass is 15.1. The molecule has 1 aromatic carbocycles. The van der Waals surface area contributed by atoms with Crippen LogP contribution in [0.25, 0.3) is 0 Å². The molecular weight excluding hydrogens is 170 g/mol. The predicted octanol–water partition coefficient (Wildman–Crippen LogP) is 3.15. The number of aryl methyl sites for hydroxylation is 1. The van der Waals surface area contributed by atoms with Gasteiger partial charge in [-0.05, 0) is 38.9 Å². The lowest BCUT2D eigenvalue weighted by molar-refractivity contribution is 0.187. The van der Waals surface area contributed by atoms with Crippen LogP contribution in [0.4, 0.5) is 0 Å². The summed E-state index contributed by atoms with van der Waals surface area (Å²) < 4.78 is 0. The third-order valence-corrected chi connectivity index (χ3v) is 3.20.